The zero-order valence-corrected chi connectivity index (χ0v) is 10.2. The van der Waals surface area contributed by atoms with Gasteiger partial charge in [-0.3, -0.25) is 4.79 Å². The Morgan fingerprint density at radius 3 is 2.88 bits per heavy atom. The molecular weight excluding hydrogens is 246 g/mol. The normalized spacial score (nSPS) is 19.4. The van der Waals surface area contributed by atoms with Crippen LogP contribution in [-0.4, -0.2) is 23.4 Å². The molecule has 0 bridgehead atoms. The van der Waals surface area contributed by atoms with Crippen molar-refractivity contribution >= 4 is 29.7 Å². The zero-order valence-electron chi connectivity index (χ0n) is 8.55. The third-order valence-corrected chi connectivity index (χ3v) is 3.43. The molecule has 86 valence electrons. The van der Waals surface area contributed by atoms with E-state index in [1.807, 2.05) is 6.07 Å². The SMILES string of the molecule is Cl.N#Cc1ccc(CN2CCC(N)C2=O)s1. The molecule has 1 aliphatic rings. The number of hydrogen-bond acceptors (Lipinski definition) is 4. The molecule has 1 fully saturated rings. The van der Waals surface area contributed by atoms with Gasteiger partial charge < -0.3 is 10.6 Å². The van der Waals surface area contributed by atoms with E-state index in [-0.39, 0.29) is 24.4 Å². The average molecular weight is 258 g/mol. The molecule has 1 amide bonds. The van der Waals surface area contributed by atoms with Crippen molar-refractivity contribution < 1.29 is 4.79 Å². The third kappa shape index (κ3) is 2.53. The molecule has 1 unspecified atom stereocenters. The number of thiophene rings is 1. The minimum Gasteiger partial charge on any atom is -0.336 e. The second-order valence-corrected chi connectivity index (χ2v) is 4.70. The number of nitriles is 1. The molecule has 0 saturated carbocycles. The Kier molecular flexibility index (Phi) is 4.30. The summed E-state index contributed by atoms with van der Waals surface area (Å²) < 4.78 is 0. The van der Waals surface area contributed by atoms with E-state index in [0.717, 1.165) is 17.8 Å². The second kappa shape index (κ2) is 5.30. The summed E-state index contributed by atoms with van der Waals surface area (Å²) in [6, 6.07) is 5.42. The van der Waals surface area contributed by atoms with Crippen molar-refractivity contribution in [3.8, 4) is 6.07 Å². The minimum atomic E-state index is -0.333. The van der Waals surface area contributed by atoms with Gasteiger partial charge in [0.05, 0.1) is 12.6 Å². The first kappa shape index (κ1) is 13.0. The molecule has 1 atom stereocenters. The van der Waals surface area contributed by atoms with Crippen LogP contribution in [-0.2, 0) is 11.3 Å². The van der Waals surface area contributed by atoms with Crippen LogP contribution in [0.4, 0.5) is 0 Å². The van der Waals surface area contributed by atoms with Crippen molar-refractivity contribution in [2.75, 3.05) is 6.54 Å². The quantitative estimate of drug-likeness (QED) is 0.863. The topological polar surface area (TPSA) is 70.1 Å². The Morgan fingerprint density at radius 1 is 1.62 bits per heavy atom. The highest BCUT2D eigenvalue weighted by atomic mass is 35.5. The summed E-state index contributed by atoms with van der Waals surface area (Å²) in [5, 5.41) is 8.67. The van der Waals surface area contributed by atoms with Crippen molar-refractivity contribution in [1.82, 2.24) is 4.90 Å². The standard InChI is InChI=1S/C10H11N3OS.ClH/c11-5-7-1-2-8(15-7)6-13-4-3-9(12)10(13)14;/h1-2,9H,3-4,6,12H2;1H. The van der Waals surface area contributed by atoms with Crippen LogP contribution in [0.25, 0.3) is 0 Å². The van der Waals surface area contributed by atoms with Crippen molar-refractivity contribution in [2.45, 2.75) is 19.0 Å². The van der Waals surface area contributed by atoms with E-state index in [4.69, 9.17) is 11.0 Å². The van der Waals surface area contributed by atoms with Crippen LogP contribution in [0, 0.1) is 11.3 Å². The first-order valence-electron chi connectivity index (χ1n) is 4.74. The molecule has 2 N–H and O–H groups in total. The summed E-state index contributed by atoms with van der Waals surface area (Å²) in [6.45, 7) is 1.30. The number of carbonyl (C=O) groups is 1. The lowest BCUT2D eigenvalue weighted by Crippen LogP contribution is -2.33. The van der Waals surface area contributed by atoms with E-state index >= 15 is 0 Å². The lowest BCUT2D eigenvalue weighted by molar-refractivity contribution is -0.129. The molecule has 6 heteroatoms. The van der Waals surface area contributed by atoms with Gasteiger partial charge in [-0.1, -0.05) is 0 Å². The summed E-state index contributed by atoms with van der Waals surface area (Å²) >= 11 is 1.43. The Labute approximate surface area is 104 Å². The molecule has 16 heavy (non-hydrogen) atoms. The smallest absolute Gasteiger partial charge is 0.239 e. The number of carbonyl (C=O) groups excluding carboxylic acids is 1. The fourth-order valence-electron chi connectivity index (χ4n) is 1.63. The predicted molar refractivity (Wildman–Crippen MR) is 64.3 cm³/mol. The highest BCUT2D eigenvalue weighted by Gasteiger charge is 2.28. The Hall–Kier alpha value is -1.09. The molecule has 1 saturated heterocycles. The highest BCUT2D eigenvalue weighted by molar-refractivity contribution is 7.12. The van der Waals surface area contributed by atoms with Crippen molar-refractivity contribution in [3.63, 3.8) is 0 Å². The lowest BCUT2D eigenvalue weighted by atomic mass is 10.3. The van der Waals surface area contributed by atoms with Gasteiger partial charge in [-0.25, -0.2) is 0 Å². The van der Waals surface area contributed by atoms with Gasteiger partial charge in [0, 0.05) is 11.4 Å². The van der Waals surface area contributed by atoms with Crippen LogP contribution in [0.3, 0.4) is 0 Å². The summed E-state index contributed by atoms with van der Waals surface area (Å²) in [7, 11) is 0. The van der Waals surface area contributed by atoms with Gasteiger partial charge in [-0.2, -0.15) is 5.26 Å². The number of nitrogens with zero attached hydrogens (tertiary/aromatic N) is 2. The largest absolute Gasteiger partial charge is 0.336 e. The molecule has 0 spiro atoms. The average Bonchev–Trinajstić information content (AvgIpc) is 2.80. The minimum absolute atomic E-state index is 0. The van der Waals surface area contributed by atoms with Gasteiger partial charge in [-0.05, 0) is 18.6 Å². The molecule has 2 rings (SSSR count). The van der Waals surface area contributed by atoms with Crippen molar-refractivity contribution in [2.24, 2.45) is 5.73 Å². The maximum atomic E-state index is 11.5. The summed E-state index contributed by atoms with van der Waals surface area (Å²) in [5.41, 5.74) is 5.61. The van der Waals surface area contributed by atoms with Crippen LogP contribution < -0.4 is 5.73 Å². The van der Waals surface area contributed by atoms with Crippen LogP contribution in [0.1, 0.15) is 16.2 Å². The first-order chi connectivity index (χ1) is 7.20. The van der Waals surface area contributed by atoms with Gasteiger partial charge >= 0.3 is 0 Å². The number of hydrogen-bond donors (Lipinski definition) is 1. The monoisotopic (exact) mass is 257 g/mol. The Balaban J connectivity index is 0.00000128. The molecule has 1 aromatic rings. The van der Waals surface area contributed by atoms with E-state index in [0.29, 0.717) is 11.4 Å². The molecule has 2 heterocycles. The number of rotatable bonds is 2. The molecule has 4 nitrogen and oxygen atoms in total. The van der Waals surface area contributed by atoms with E-state index in [9.17, 15) is 4.79 Å². The number of halogens is 1. The van der Waals surface area contributed by atoms with E-state index in [1.54, 1.807) is 11.0 Å². The van der Waals surface area contributed by atoms with Crippen LogP contribution in [0.15, 0.2) is 12.1 Å². The fourth-order valence-corrected chi connectivity index (χ4v) is 2.45. The molecule has 0 aliphatic carbocycles. The van der Waals surface area contributed by atoms with Crippen LogP contribution >= 0.6 is 23.7 Å². The summed E-state index contributed by atoms with van der Waals surface area (Å²) in [4.78, 5) is 15.0. The summed E-state index contributed by atoms with van der Waals surface area (Å²) in [6.07, 6.45) is 0.731. The second-order valence-electron chi connectivity index (χ2n) is 3.53. The predicted octanol–water partition coefficient (Wildman–Crippen LogP) is 1.10. The first-order valence-corrected chi connectivity index (χ1v) is 5.55. The summed E-state index contributed by atoms with van der Waals surface area (Å²) in [5.74, 6) is 0.0157. The van der Waals surface area contributed by atoms with Crippen LogP contribution in [0.5, 0.6) is 0 Å². The molecule has 1 aromatic heterocycles. The third-order valence-electron chi connectivity index (χ3n) is 2.46. The van der Waals surface area contributed by atoms with Crippen molar-refractivity contribution in [3.05, 3.63) is 21.9 Å². The Bertz CT molecular complexity index is 426. The van der Waals surface area contributed by atoms with Gasteiger partial charge in [0.1, 0.15) is 10.9 Å². The number of likely N-dealkylation sites (tertiary alicyclic amines) is 1. The molecule has 0 radical (unpaired) electrons. The lowest BCUT2D eigenvalue weighted by Gasteiger charge is -2.14. The number of nitrogens with two attached hydrogens (primary N) is 1. The maximum Gasteiger partial charge on any atom is 0.239 e. The molecule has 0 aromatic carbocycles. The van der Waals surface area contributed by atoms with E-state index < -0.39 is 0 Å². The van der Waals surface area contributed by atoms with Gasteiger partial charge in [-0.15, -0.1) is 23.7 Å². The van der Waals surface area contributed by atoms with Gasteiger partial charge in [0.2, 0.25) is 5.91 Å². The van der Waals surface area contributed by atoms with Gasteiger partial charge in [0.15, 0.2) is 0 Å². The maximum absolute atomic E-state index is 11.5. The van der Waals surface area contributed by atoms with E-state index in [2.05, 4.69) is 6.07 Å². The van der Waals surface area contributed by atoms with E-state index in [1.165, 1.54) is 11.3 Å². The van der Waals surface area contributed by atoms with Gasteiger partial charge in [0.25, 0.3) is 0 Å². The van der Waals surface area contributed by atoms with Crippen LogP contribution in [0.2, 0.25) is 0 Å². The fraction of sp³-hybridized carbons (Fsp3) is 0.400. The number of amides is 1. The Morgan fingerprint density at radius 2 is 2.38 bits per heavy atom. The molecule has 1 aliphatic heterocycles. The zero-order chi connectivity index (χ0) is 10.8. The molecular formula is C10H12ClN3OS. The highest BCUT2D eigenvalue weighted by Crippen LogP contribution is 2.20. The van der Waals surface area contributed by atoms with Crippen molar-refractivity contribution in [1.29, 1.82) is 5.26 Å².